The summed E-state index contributed by atoms with van der Waals surface area (Å²) in [5.74, 6) is -0.132. The molecule has 4 N–H and O–H groups in total. The van der Waals surface area contributed by atoms with Crippen LogP contribution >= 0.6 is 0 Å². The van der Waals surface area contributed by atoms with Crippen LogP contribution in [0.2, 0.25) is 0 Å². The maximum atomic E-state index is 11.9. The Balaban J connectivity index is 1.84. The minimum atomic E-state index is -0.876. The van der Waals surface area contributed by atoms with Crippen molar-refractivity contribution in [2.45, 2.75) is 19.1 Å². The highest BCUT2D eigenvalue weighted by Crippen LogP contribution is 2.13. The van der Waals surface area contributed by atoms with E-state index in [4.69, 9.17) is 20.9 Å². The number of hydrogen-bond acceptors (Lipinski definition) is 5. The quantitative estimate of drug-likeness (QED) is 0.790. The number of carbonyl (C=O) groups is 2. The Morgan fingerprint density at radius 1 is 0.957 bits per heavy atom. The normalized spacial score (nSPS) is 11.5. The minimum absolute atomic E-state index is 0.193. The van der Waals surface area contributed by atoms with Crippen molar-refractivity contribution in [3.63, 3.8) is 0 Å². The number of ether oxygens (including phenoxy) is 2. The molecule has 0 aliphatic heterocycles. The van der Waals surface area contributed by atoms with E-state index < -0.39 is 18.1 Å². The average molecular weight is 314 g/mol. The van der Waals surface area contributed by atoms with E-state index in [1.165, 1.54) is 0 Å². The number of nitrogens with two attached hydrogens (primary N) is 2. The van der Waals surface area contributed by atoms with E-state index in [1.807, 2.05) is 30.3 Å². The van der Waals surface area contributed by atoms with Crippen molar-refractivity contribution < 1.29 is 19.1 Å². The van der Waals surface area contributed by atoms with E-state index in [0.717, 1.165) is 11.1 Å². The lowest BCUT2D eigenvalue weighted by Crippen LogP contribution is -2.34. The molecule has 0 aliphatic carbocycles. The van der Waals surface area contributed by atoms with Crippen LogP contribution in [0.5, 0.6) is 5.75 Å². The minimum Gasteiger partial charge on any atom is -0.460 e. The highest BCUT2D eigenvalue weighted by Gasteiger charge is 2.16. The molecule has 2 aromatic rings. The van der Waals surface area contributed by atoms with E-state index in [1.54, 1.807) is 24.3 Å². The molecule has 0 saturated heterocycles. The molecule has 0 radical (unpaired) electrons. The third kappa shape index (κ3) is 5.44. The van der Waals surface area contributed by atoms with Gasteiger partial charge in [-0.1, -0.05) is 42.5 Å². The smallest absolute Gasteiger partial charge is 0.409 e. The Labute approximate surface area is 134 Å². The summed E-state index contributed by atoms with van der Waals surface area (Å²) < 4.78 is 9.91. The molecule has 0 spiro atoms. The summed E-state index contributed by atoms with van der Waals surface area (Å²) in [5, 5.41) is 0. The van der Waals surface area contributed by atoms with Crippen molar-refractivity contribution >= 4 is 12.1 Å². The lowest BCUT2D eigenvalue weighted by molar-refractivity contribution is -0.146. The van der Waals surface area contributed by atoms with Gasteiger partial charge in [-0.25, -0.2) is 4.79 Å². The van der Waals surface area contributed by atoms with E-state index >= 15 is 0 Å². The number of benzene rings is 2. The van der Waals surface area contributed by atoms with Crippen LogP contribution in [0.15, 0.2) is 54.6 Å². The van der Waals surface area contributed by atoms with E-state index in [2.05, 4.69) is 0 Å². The molecule has 23 heavy (non-hydrogen) atoms. The van der Waals surface area contributed by atoms with Gasteiger partial charge < -0.3 is 20.9 Å². The van der Waals surface area contributed by atoms with Gasteiger partial charge in [0.2, 0.25) is 0 Å². The fourth-order valence-electron chi connectivity index (χ4n) is 1.98. The molecular weight excluding hydrogens is 296 g/mol. The largest absolute Gasteiger partial charge is 0.460 e. The molecule has 0 aliphatic rings. The second-order valence-electron chi connectivity index (χ2n) is 4.97. The van der Waals surface area contributed by atoms with Gasteiger partial charge in [0, 0.05) is 0 Å². The van der Waals surface area contributed by atoms with Crippen molar-refractivity contribution in [3.8, 4) is 5.75 Å². The lowest BCUT2D eigenvalue weighted by Gasteiger charge is -2.12. The van der Waals surface area contributed by atoms with Gasteiger partial charge in [-0.3, -0.25) is 4.79 Å². The topological polar surface area (TPSA) is 105 Å². The third-order valence-corrected chi connectivity index (χ3v) is 3.12. The molecule has 0 saturated carbocycles. The van der Waals surface area contributed by atoms with E-state index in [9.17, 15) is 9.59 Å². The van der Waals surface area contributed by atoms with Gasteiger partial charge in [-0.15, -0.1) is 0 Å². The van der Waals surface area contributed by atoms with E-state index in [-0.39, 0.29) is 6.61 Å². The van der Waals surface area contributed by atoms with Crippen LogP contribution in [0, 0.1) is 0 Å². The van der Waals surface area contributed by atoms with Crippen LogP contribution in [0.3, 0.4) is 0 Å². The Kier molecular flexibility index (Phi) is 5.71. The average Bonchev–Trinajstić information content (AvgIpc) is 2.55. The Hall–Kier alpha value is -2.86. The Morgan fingerprint density at radius 2 is 1.61 bits per heavy atom. The zero-order valence-electron chi connectivity index (χ0n) is 12.5. The summed E-state index contributed by atoms with van der Waals surface area (Å²) in [4.78, 5) is 22.5. The maximum Gasteiger partial charge on any atom is 0.409 e. The van der Waals surface area contributed by atoms with Gasteiger partial charge in [0.1, 0.15) is 18.4 Å². The van der Waals surface area contributed by atoms with Gasteiger partial charge in [-0.2, -0.15) is 0 Å². The molecular formula is C17H18N2O4. The molecule has 6 nitrogen and oxygen atoms in total. The van der Waals surface area contributed by atoms with Gasteiger partial charge in [0.25, 0.3) is 0 Å². The number of esters is 1. The van der Waals surface area contributed by atoms with Gasteiger partial charge in [0.05, 0.1) is 0 Å². The summed E-state index contributed by atoms with van der Waals surface area (Å²) in [6.07, 6.45) is -0.552. The molecule has 1 atom stereocenters. The maximum absolute atomic E-state index is 11.9. The summed E-state index contributed by atoms with van der Waals surface area (Å²) in [5.41, 5.74) is 12.5. The first-order valence-corrected chi connectivity index (χ1v) is 7.07. The standard InChI is InChI=1S/C17H18N2O4/c18-15(16(20)22-11-13-4-2-1-3-5-13)10-12-6-8-14(9-7-12)23-17(19)21/h1-9,15H,10-11,18H2,(H2,19,21)/t15-/m0/s1. The zero-order valence-corrected chi connectivity index (χ0v) is 12.5. The zero-order chi connectivity index (χ0) is 16.7. The van der Waals surface area contributed by atoms with Crippen LogP contribution in [0.4, 0.5) is 4.79 Å². The fourth-order valence-corrected chi connectivity index (χ4v) is 1.98. The third-order valence-electron chi connectivity index (χ3n) is 3.12. The van der Waals surface area contributed by atoms with Crippen molar-refractivity contribution in [1.29, 1.82) is 0 Å². The highest BCUT2D eigenvalue weighted by molar-refractivity contribution is 5.76. The number of primary amides is 1. The first-order chi connectivity index (χ1) is 11.0. The molecule has 120 valence electrons. The molecule has 0 heterocycles. The summed E-state index contributed by atoms with van der Waals surface area (Å²) in [6, 6.07) is 15.2. The van der Waals surface area contributed by atoms with Crippen molar-refractivity contribution in [3.05, 3.63) is 65.7 Å². The molecule has 1 amide bonds. The second kappa shape index (κ2) is 7.95. The molecule has 0 unspecified atom stereocenters. The predicted molar refractivity (Wildman–Crippen MR) is 84.6 cm³/mol. The fraction of sp³-hybridized carbons (Fsp3) is 0.176. The van der Waals surface area contributed by atoms with Crippen LogP contribution in [-0.2, 0) is 22.6 Å². The molecule has 0 aromatic heterocycles. The van der Waals surface area contributed by atoms with Gasteiger partial charge in [0.15, 0.2) is 0 Å². The van der Waals surface area contributed by atoms with Crippen molar-refractivity contribution in [2.24, 2.45) is 11.5 Å². The summed E-state index contributed by atoms with van der Waals surface area (Å²) >= 11 is 0. The molecule has 2 aromatic carbocycles. The summed E-state index contributed by atoms with van der Waals surface area (Å²) in [7, 11) is 0. The van der Waals surface area contributed by atoms with Crippen LogP contribution in [0.25, 0.3) is 0 Å². The van der Waals surface area contributed by atoms with Crippen LogP contribution < -0.4 is 16.2 Å². The highest BCUT2D eigenvalue weighted by atomic mass is 16.5. The lowest BCUT2D eigenvalue weighted by atomic mass is 10.1. The molecule has 0 bridgehead atoms. The molecule has 6 heteroatoms. The van der Waals surface area contributed by atoms with Gasteiger partial charge in [-0.05, 0) is 29.7 Å². The van der Waals surface area contributed by atoms with E-state index in [0.29, 0.717) is 12.2 Å². The monoisotopic (exact) mass is 314 g/mol. The Bertz CT molecular complexity index is 656. The summed E-state index contributed by atoms with van der Waals surface area (Å²) in [6.45, 7) is 0.193. The van der Waals surface area contributed by atoms with Crippen molar-refractivity contribution in [2.75, 3.05) is 0 Å². The number of hydrogen-bond donors (Lipinski definition) is 2. The van der Waals surface area contributed by atoms with Gasteiger partial charge >= 0.3 is 12.1 Å². The number of rotatable bonds is 6. The number of carbonyl (C=O) groups excluding carboxylic acids is 2. The Morgan fingerprint density at radius 3 is 2.22 bits per heavy atom. The first-order valence-electron chi connectivity index (χ1n) is 7.07. The molecule has 0 fully saturated rings. The predicted octanol–water partition coefficient (Wildman–Crippen LogP) is 1.76. The SMILES string of the molecule is NC(=O)Oc1ccc(C[C@H](N)C(=O)OCc2ccccc2)cc1. The second-order valence-corrected chi connectivity index (χ2v) is 4.97. The van der Waals surface area contributed by atoms with Crippen LogP contribution in [-0.4, -0.2) is 18.1 Å². The molecule has 2 rings (SSSR count). The van der Waals surface area contributed by atoms with Crippen molar-refractivity contribution in [1.82, 2.24) is 0 Å². The number of amides is 1. The first kappa shape index (κ1) is 16.5. The van der Waals surface area contributed by atoms with Crippen LogP contribution in [0.1, 0.15) is 11.1 Å².